The summed E-state index contributed by atoms with van der Waals surface area (Å²) in [5, 5.41) is 19.7. The Morgan fingerprint density at radius 2 is 1.00 bits per heavy atom. The highest BCUT2D eigenvalue weighted by atomic mass is 16.4. The zero-order chi connectivity index (χ0) is 22.1. The first-order valence-electron chi connectivity index (χ1n) is 10.2. The van der Waals surface area contributed by atoms with E-state index in [1.165, 1.54) is 0 Å². The van der Waals surface area contributed by atoms with Crippen LogP contribution in [-0.4, -0.2) is 32.1 Å². The van der Waals surface area contributed by atoms with E-state index < -0.39 is 7.12 Å². The van der Waals surface area contributed by atoms with Gasteiger partial charge in [0.1, 0.15) is 0 Å². The van der Waals surface area contributed by atoms with Gasteiger partial charge in [-0.15, -0.1) is 0 Å². The molecule has 5 nitrogen and oxygen atoms in total. The highest BCUT2D eigenvalue weighted by molar-refractivity contribution is 6.60. The van der Waals surface area contributed by atoms with Crippen molar-refractivity contribution in [2.45, 2.75) is 27.7 Å². The van der Waals surface area contributed by atoms with E-state index in [-0.39, 0.29) is 0 Å². The van der Waals surface area contributed by atoms with Gasteiger partial charge in [0.05, 0.1) is 0 Å². The number of aryl methyl sites for hydroxylation is 4. The van der Waals surface area contributed by atoms with Gasteiger partial charge in [0, 0.05) is 16.7 Å². The van der Waals surface area contributed by atoms with Crippen LogP contribution < -0.4 is 5.46 Å². The van der Waals surface area contributed by atoms with E-state index in [1.807, 2.05) is 58.0 Å². The first-order valence-corrected chi connectivity index (χ1v) is 10.2. The monoisotopic (exact) mass is 409 g/mol. The van der Waals surface area contributed by atoms with Crippen LogP contribution in [0.5, 0.6) is 0 Å². The molecule has 0 aliphatic rings. The number of hydrogen-bond acceptors (Lipinski definition) is 5. The minimum Gasteiger partial charge on any atom is -0.423 e. The van der Waals surface area contributed by atoms with Crippen LogP contribution in [0.1, 0.15) is 22.3 Å². The third-order valence-corrected chi connectivity index (χ3v) is 5.08. The van der Waals surface area contributed by atoms with Gasteiger partial charge in [-0.05, 0) is 57.4 Å². The topological polar surface area (TPSA) is 79.1 Å². The average molecular weight is 409 g/mol. The maximum Gasteiger partial charge on any atom is 0.489 e. The molecule has 0 unspecified atom stereocenters. The van der Waals surface area contributed by atoms with Gasteiger partial charge in [-0.25, -0.2) is 15.0 Å². The van der Waals surface area contributed by atoms with Crippen molar-refractivity contribution in [2.75, 3.05) is 0 Å². The lowest BCUT2D eigenvalue weighted by Gasteiger charge is -2.12. The fraction of sp³-hybridized carbons (Fsp3) is 0.160. The lowest BCUT2D eigenvalue weighted by Crippen LogP contribution is -2.31. The Morgan fingerprint density at radius 1 is 0.581 bits per heavy atom. The zero-order valence-electron chi connectivity index (χ0n) is 18.1. The largest absolute Gasteiger partial charge is 0.489 e. The van der Waals surface area contributed by atoms with Crippen LogP contribution in [0.25, 0.3) is 34.2 Å². The van der Waals surface area contributed by atoms with E-state index in [1.54, 1.807) is 18.2 Å². The molecule has 0 amide bonds. The van der Waals surface area contributed by atoms with Crippen molar-refractivity contribution in [1.82, 2.24) is 15.0 Å². The maximum atomic E-state index is 9.87. The molecule has 6 heteroatoms. The smallest absolute Gasteiger partial charge is 0.423 e. The van der Waals surface area contributed by atoms with Crippen molar-refractivity contribution in [3.8, 4) is 34.2 Å². The Morgan fingerprint density at radius 3 is 1.45 bits per heavy atom. The number of hydrogen-bond donors (Lipinski definition) is 2. The summed E-state index contributed by atoms with van der Waals surface area (Å²) in [6, 6.07) is 19.4. The van der Waals surface area contributed by atoms with Gasteiger partial charge >= 0.3 is 7.12 Å². The molecule has 0 bridgehead atoms. The van der Waals surface area contributed by atoms with E-state index in [0.717, 1.165) is 33.4 Å². The Bertz CT molecular complexity index is 1160. The van der Waals surface area contributed by atoms with Crippen molar-refractivity contribution in [3.05, 3.63) is 82.9 Å². The predicted octanol–water partition coefficient (Wildman–Crippen LogP) is 3.79. The van der Waals surface area contributed by atoms with Crippen molar-refractivity contribution in [2.24, 2.45) is 0 Å². The van der Waals surface area contributed by atoms with Crippen molar-refractivity contribution >= 4 is 12.6 Å². The maximum absolute atomic E-state index is 9.87. The van der Waals surface area contributed by atoms with Crippen LogP contribution in [-0.2, 0) is 0 Å². The van der Waals surface area contributed by atoms with Gasteiger partial charge in [-0.2, -0.15) is 0 Å². The first-order chi connectivity index (χ1) is 14.8. The summed E-state index contributed by atoms with van der Waals surface area (Å²) in [7, 11) is -1.62. The molecule has 2 N–H and O–H groups in total. The van der Waals surface area contributed by atoms with Gasteiger partial charge in [0.15, 0.2) is 17.5 Å². The normalized spacial score (nSPS) is 10.9. The molecule has 0 atom stereocenters. The molecule has 154 valence electrons. The van der Waals surface area contributed by atoms with Gasteiger partial charge in [0.25, 0.3) is 0 Å². The lowest BCUT2D eigenvalue weighted by atomic mass is 9.77. The van der Waals surface area contributed by atoms with Crippen LogP contribution in [0, 0.1) is 27.7 Å². The summed E-state index contributed by atoms with van der Waals surface area (Å²) < 4.78 is 0. The van der Waals surface area contributed by atoms with E-state index in [2.05, 4.69) is 12.1 Å². The second kappa shape index (κ2) is 8.42. The van der Waals surface area contributed by atoms with Crippen LogP contribution >= 0.6 is 0 Å². The second-order valence-corrected chi connectivity index (χ2v) is 8.02. The standard InChI is InChI=1S/C25H24BN3O2/c1-15-9-16(2)12-19(11-15)23-27-24(20-13-17(3)10-18(4)14-20)29-25(28-23)21-7-5-6-8-22(21)26(30)31/h5-14,30-31H,1-4H3. The first kappa shape index (κ1) is 20.9. The minimum atomic E-state index is -1.62. The summed E-state index contributed by atoms with van der Waals surface area (Å²) in [6.45, 7) is 8.17. The zero-order valence-corrected chi connectivity index (χ0v) is 18.1. The summed E-state index contributed by atoms with van der Waals surface area (Å²) in [5.41, 5.74) is 7.20. The molecule has 0 radical (unpaired) electrons. The van der Waals surface area contributed by atoms with Gasteiger partial charge < -0.3 is 10.0 Å². The molecule has 0 aliphatic carbocycles. The molecule has 0 saturated heterocycles. The van der Waals surface area contributed by atoms with Crippen molar-refractivity contribution < 1.29 is 10.0 Å². The molecule has 4 aromatic rings. The fourth-order valence-electron chi connectivity index (χ4n) is 3.89. The number of aromatic nitrogens is 3. The number of nitrogens with zero attached hydrogens (tertiary/aromatic N) is 3. The van der Waals surface area contributed by atoms with Crippen LogP contribution in [0.4, 0.5) is 0 Å². The highest BCUT2D eigenvalue weighted by Crippen LogP contribution is 2.26. The second-order valence-electron chi connectivity index (χ2n) is 8.02. The van der Waals surface area contributed by atoms with Crippen molar-refractivity contribution in [3.63, 3.8) is 0 Å². The molecule has 1 heterocycles. The summed E-state index contributed by atoms with van der Waals surface area (Å²) in [4.78, 5) is 14.2. The van der Waals surface area contributed by atoms with Crippen LogP contribution in [0.3, 0.4) is 0 Å². The summed E-state index contributed by atoms with van der Waals surface area (Å²) >= 11 is 0. The molecule has 0 fully saturated rings. The Balaban J connectivity index is 1.99. The quantitative estimate of drug-likeness (QED) is 0.502. The van der Waals surface area contributed by atoms with E-state index >= 15 is 0 Å². The van der Waals surface area contributed by atoms with Gasteiger partial charge in [0.2, 0.25) is 0 Å². The highest BCUT2D eigenvalue weighted by Gasteiger charge is 2.20. The molecular formula is C25H24BN3O2. The van der Waals surface area contributed by atoms with E-state index in [9.17, 15) is 10.0 Å². The predicted molar refractivity (Wildman–Crippen MR) is 125 cm³/mol. The molecule has 0 saturated carbocycles. The minimum absolute atomic E-state index is 0.353. The Kier molecular flexibility index (Phi) is 5.68. The Labute approximate surface area is 182 Å². The molecule has 1 aromatic heterocycles. The summed E-state index contributed by atoms with van der Waals surface area (Å²) in [5.74, 6) is 1.50. The van der Waals surface area contributed by atoms with Crippen LogP contribution in [0.2, 0.25) is 0 Å². The third-order valence-electron chi connectivity index (χ3n) is 5.08. The van der Waals surface area contributed by atoms with Gasteiger partial charge in [-0.3, -0.25) is 0 Å². The van der Waals surface area contributed by atoms with Crippen LogP contribution in [0.15, 0.2) is 60.7 Å². The summed E-state index contributed by atoms with van der Waals surface area (Å²) in [6.07, 6.45) is 0. The molecular weight excluding hydrogens is 385 g/mol. The molecule has 0 aliphatic heterocycles. The van der Waals surface area contributed by atoms with Crippen molar-refractivity contribution in [1.29, 1.82) is 0 Å². The fourth-order valence-corrected chi connectivity index (χ4v) is 3.89. The third kappa shape index (κ3) is 4.55. The lowest BCUT2D eigenvalue weighted by molar-refractivity contribution is 0.426. The van der Waals surface area contributed by atoms with E-state index in [0.29, 0.717) is 28.5 Å². The average Bonchev–Trinajstić information content (AvgIpc) is 2.72. The SMILES string of the molecule is Cc1cc(C)cc(-c2nc(-c3cc(C)cc(C)c3)nc(-c3ccccc3B(O)O)n2)c1. The Hall–Kier alpha value is -3.35. The van der Waals surface area contributed by atoms with Gasteiger partial charge in [-0.1, -0.05) is 58.7 Å². The molecule has 4 rings (SSSR count). The molecule has 3 aromatic carbocycles. The number of benzene rings is 3. The van der Waals surface area contributed by atoms with E-state index in [4.69, 9.17) is 15.0 Å². The number of rotatable bonds is 4. The molecule has 0 spiro atoms. The molecule has 31 heavy (non-hydrogen) atoms.